The quantitative estimate of drug-likeness (QED) is 0.686. The zero-order chi connectivity index (χ0) is 14.9. The number of benzene rings is 1. The van der Waals surface area contributed by atoms with Gasteiger partial charge in [-0.3, -0.25) is 4.99 Å². The third-order valence-corrected chi connectivity index (χ3v) is 4.82. The topological polar surface area (TPSA) is 41.6 Å². The lowest BCUT2D eigenvalue weighted by atomic mass is 9.95. The molecule has 114 valence electrons. The molecule has 1 saturated heterocycles. The summed E-state index contributed by atoms with van der Waals surface area (Å²) in [6.07, 6.45) is 4.45. The highest BCUT2D eigenvalue weighted by Crippen LogP contribution is 2.49. The van der Waals surface area contributed by atoms with E-state index in [0.717, 1.165) is 31.5 Å². The van der Waals surface area contributed by atoms with E-state index in [1.807, 2.05) is 12.1 Å². The Bertz CT molecular complexity index is 537. The van der Waals surface area contributed by atoms with Gasteiger partial charge in [0, 0.05) is 18.5 Å². The number of nitrogens with two attached hydrogens (primary N) is 1. The van der Waals surface area contributed by atoms with Crippen LogP contribution >= 0.6 is 0 Å². The molecule has 1 unspecified atom stereocenters. The molecule has 0 bridgehead atoms. The minimum atomic E-state index is -0.115. The van der Waals surface area contributed by atoms with E-state index in [9.17, 15) is 4.39 Å². The van der Waals surface area contributed by atoms with Gasteiger partial charge in [-0.1, -0.05) is 25.1 Å². The second-order valence-corrected chi connectivity index (χ2v) is 6.63. The van der Waals surface area contributed by atoms with Crippen molar-refractivity contribution in [2.75, 3.05) is 19.6 Å². The lowest BCUT2D eigenvalue weighted by Crippen LogP contribution is -2.43. The van der Waals surface area contributed by atoms with Crippen LogP contribution in [0.4, 0.5) is 4.39 Å². The van der Waals surface area contributed by atoms with Gasteiger partial charge < -0.3 is 10.6 Å². The van der Waals surface area contributed by atoms with Gasteiger partial charge in [-0.05, 0) is 43.2 Å². The summed E-state index contributed by atoms with van der Waals surface area (Å²) < 4.78 is 14.0. The molecule has 4 heteroatoms. The molecule has 3 rings (SSSR count). The smallest absolute Gasteiger partial charge is 0.191 e. The molecule has 1 saturated carbocycles. The minimum absolute atomic E-state index is 0.114. The van der Waals surface area contributed by atoms with Crippen molar-refractivity contribution in [3.63, 3.8) is 0 Å². The number of nitrogens with zero attached hydrogens (tertiary/aromatic N) is 2. The van der Waals surface area contributed by atoms with Crippen LogP contribution in [-0.4, -0.2) is 30.5 Å². The van der Waals surface area contributed by atoms with Crippen LogP contribution in [0.15, 0.2) is 29.3 Å². The summed E-state index contributed by atoms with van der Waals surface area (Å²) in [5.41, 5.74) is 6.83. The van der Waals surface area contributed by atoms with Gasteiger partial charge in [0.2, 0.25) is 0 Å². The number of aliphatic imine (C=N–C) groups is 1. The van der Waals surface area contributed by atoms with Crippen LogP contribution in [0.3, 0.4) is 0 Å². The Morgan fingerprint density at radius 2 is 2.19 bits per heavy atom. The van der Waals surface area contributed by atoms with Crippen LogP contribution in [0, 0.1) is 11.7 Å². The highest BCUT2D eigenvalue weighted by molar-refractivity contribution is 5.78. The van der Waals surface area contributed by atoms with E-state index < -0.39 is 0 Å². The van der Waals surface area contributed by atoms with Crippen molar-refractivity contribution in [2.24, 2.45) is 16.6 Å². The Hall–Kier alpha value is -1.58. The zero-order valence-corrected chi connectivity index (χ0v) is 12.7. The third kappa shape index (κ3) is 3.04. The summed E-state index contributed by atoms with van der Waals surface area (Å²) in [5.74, 6) is 1.19. The molecule has 2 aliphatic rings. The molecule has 1 aliphatic heterocycles. The van der Waals surface area contributed by atoms with Crippen LogP contribution in [-0.2, 0) is 5.41 Å². The van der Waals surface area contributed by atoms with E-state index in [-0.39, 0.29) is 11.2 Å². The average Bonchev–Trinajstić information content (AvgIpc) is 3.26. The van der Waals surface area contributed by atoms with E-state index in [4.69, 9.17) is 5.73 Å². The number of likely N-dealkylation sites (tertiary alicyclic amines) is 1. The summed E-state index contributed by atoms with van der Waals surface area (Å²) in [6, 6.07) is 7.06. The predicted molar refractivity (Wildman–Crippen MR) is 83.8 cm³/mol. The van der Waals surface area contributed by atoms with Crippen molar-refractivity contribution >= 4 is 5.96 Å². The zero-order valence-electron chi connectivity index (χ0n) is 12.7. The van der Waals surface area contributed by atoms with Gasteiger partial charge in [0.25, 0.3) is 0 Å². The van der Waals surface area contributed by atoms with Crippen LogP contribution in [0.5, 0.6) is 0 Å². The van der Waals surface area contributed by atoms with E-state index in [0.29, 0.717) is 18.4 Å². The molecule has 21 heavy (non-hydrogen) atoms. The number of hydrogen-bond donors (Lipinski definition) is 1. The summed E-state index contributed by atoms with van der Waals surface area (Å²) in [4.78, 5) is 6.76. The molecule has 2 N–H and O–H groups in total. The van der Waals surface area contributed by atoms with Crippen molar-refractivity contribution in [2.45, 2.75) is 38.0 Å². The number of rotatable bonds is 3. The molecule has 1 aliphatic carbocycles. The van der Waals surface area contributed by atoms with Gasteiger partial charge in [-0.2, -0.15) is 0 Å². The van der Waals surface area contributed by atoms with Crippen LogP contribution in [0.2, 0.25) is 0 Å². The monoisotopic (exact) mass is 289 g/mol. The first-order valence-corrected chi connectivity index (χ1v) is 7.91. The average molecular weight is 289 g/mol. The van der Waals surface area contributed by atoms with Gasteiger partial charge in [0.15, 0.2) is 5.96 Å². The minimum Gasteiger partial charge on any atom is -0.370 e. The van der Waals surface area contributed by atoms with E-state index in [2.05, 4.69) is 16.8 Å². The predicted octanol–water partition coefficient (Wildman–Crippen LogP) is 2.90. The summed E-state index contributed by atoms with van der Waals surface area (Å²) >= 11 is 0. The van der Waals surface area contributed by atoms with Crippen LogP contribution in [0.25, 0.3) is 0 Å². The molecule has 0 spiro atoms. The lowest BCUT2D eigenvalue weighted by Gasteiger charge is -2.32. The Morgan fingerprint density at radius 1 is 1.43 bits per heavy atom. The largest absolute Gasteiger partial charge is 0.370 e. The maximum atomic E-state index is 14.0. The van der Waals surface area contributed by atoms with Crippen molar-refractivity contribution < 1.29 is 4.39 Å². The van der Waals surface area contributed by atoms with E-state index in [1.54, 1.807) is 6.07 Å². The molecule has 0 radical (unpaired) electrons. The fraction of sp³-hybridized carbons (Fsp3) is 0.588. The molecule has 2 fully saturated rings. The van der Waals surface area contributed by atoms with Crippen molar-refractivity contribution in [3.05, 3.63) is 35.6 Å². The Balaban J connectivity index is 1.69. The maximum absolute atomic E-state index is 14.0. The van der Waals surface area contributed by atoms with E-state index in [1.165, 1.54) is 18.9 Å². The normalized spacial score (nSPS) is 25.0. The standard InChI is InChI=1S/C17H24FN3/c1-13-5-4-10-21(11-13)16(19)20-12-17(8-9-17)14-6-2-3-7-15(14)18/h2-3,6-7,13H,4-5,8-12H2,1H3,(H2,19,20). The van der Waals surface area contributed by atoms with Crippen molar-refractivity contribution in [1.29, 1.82) is 0 Å². The summed E-state index contributed by atoms with van der Waals surface area (Å²) in [7, 11) is 0. The first-order chi connectivity index (χ1) is 10.1. The SMILES string of the molecule is CC1CCCN(C(N)=NCC2(c3ccccc3F)CC2)C1. The molecule has 1 aromatic carbocycles. The third-order valence-electron chi connectivity index (χ3n) is 4.82. The number of guanidine groups is 1. The number of piperidine rings is 1. The van der Waals surface area contributed by atoms with Gasteiger partial charge in [0.1, 0.15) is 5.82 Å². The molecule has 0 amide bonds. The molecule has 1 atom stereocenters. The maximum Gasteiger partial charge on any atom is 0.191 e. The van der Waals surface area contributed by atoms with Crippen molar-refractivity contribution in [1.82, 2.24) is 4.90 Å². The van der Waals surface area contributed by atoms with Crippen LogP contribution < -0.4 is 5.73 Å². The molecule has 1 heterocycles. The number of hydrogen-bond acceptors (Lipinski definition) is 1. The van der Waals surface area contributed by atoms with Gasteiger partial charge >= 0.3 is 0 Å². The summed E-state index contributed by atoms with van der Waals surface area (Å²) in [6.45, 7) is 4.83. The van der Waals surface area contributed by atoms with Crippen LogP contribution in [0.1, 0.15) is 38.2 Å². The first kappa shape index (κ1) is 14.4. The fourth-order valence-electron chi connectivity index (χ4n) is 3.28. The highest BCUT2D eigenvalue weighted by atomic mass is 19.1. The Kier molecular flexibility index (Phi) is 3.87. The molecular weight excluding hydrogens is 265 g/mol. The number of halogens is 1. The first-order valence-electron chi connectivity index (χ1n) is 7.91. The highest BCUT2D eigenvalue weighted by Gasteiger charge is 2.45. The summed E-state index contributed by atoms with van der Waals surface area (Å²) in [5, 5.41) is 0. The Morgan fingerprint density at radius 3 is 2.86 bits per heavy atom. The second kappa shape index (κ2) is 5.66. The van der Waals surface area contributed by atoms with Gasteiger partial charge in [0.05, 0.1) is 6.54 Å². The second-order valence-electron chi connectivity index (χ2n) is 6.63. The van der Waals surface area contributed by atoms with Gasteiger partial charge in [-0.15, -0.1) is 0 Å². The van der Waals surface area contributed by atoms with Crippen molar-refractivity contribution in [3.8, 4) is 0 Å². The fourth-order valence-corrected chi connectivity index (χ4v) is 3.28. The molecule has 1 aromatic rings. The van der Waals surface area contributed by atoms with E-state index >= 15 is 0 Å². The lowest BCUT2D eigenvalue weighted by molar-refractivity contribution is 0.270. The Labute approximate surface area is 126 Å². The van der Waals surface area contributed by atoms with Gasteiger partial charge in [-0.25, -0.2) is 4.39 Å². The molecule has 0 aromatic heterocycles. The molecular formula is C17H24FN3. The molecule has 3 nitrogen and oxygen atoms in total.